The molecule has 0 saturated carbocycles. The summed E-state index contributed by atoms with van der Waals surface area (Å²) in [6.07, 6.45) is 0.393. The normalized spacial score (nSPS) is 11.6. The van der Waals surface area contributed by atoms with Gasteiger partial charge in [-0.15, -0.1) is 0 Å². The first-order valence-electron chi connectivity index (χ1n) is 5.91. The summed E-state index contributed by atoms with van der Waals surface area (Å²) < 4.78 is 4.62. The summed E-state index contributed by atoms with van der Waals surface area (Å²) in [4.78, 5) is 22.7. The summed E-state index contributed by atoms with van der Waals surface area (Å²) in [7, 11) is 1.32. The van der Waals surface area contributed by atoms with Crippen molar-refractivity contribution in [1.29, 1.82) is 0 Å². The molecule has 1 atom stereocenters. The zero-order chi connectivity index (χ0) is 14.4. The van der Waals surface area contributed by atoms with Crippen molar-refractivity contribution in [2.24, 2.45) is 0 Å². The van der Waals surface area contributed by atoms with E-state index in [2.05, 4.69) is 15.4 Å². The van der Waals surface area contributed by atoms with Crippen LogP contribution >= 0.6 is 11.6 Å². The summed E-state index contributed by atoms with van der Waals surface area (Å²) in [6, 6.07) is 4.50. The SMILES string of the molecule is CCC(=O)Nc1ccc(Cl)c(NC(C)C(=O)OC)c1. The molecule has 104 valence electrons. The average Bonchev–Trinajstić information content (AvgIpc) is 2.41. The minimum absolute atomic E-state index is 0.0886. The summed E-state index contributed by atoms with van der Waals surface area (Å²) in [5.74, 6) is -0.478. The summed E-state index contributed by atoms with van der Waals surface area (Å²) in [5, 5.41) is 6.12. The molecule has 0 saturated heterocycles. The second-order valence-corrected chi connectivity index (χ2v) is 4.39. The minimum Gasteiger partial charge on any atom is -0.467 e. The van der Waals surface area contributed by atoms with Gasteiger partial charge in [0.05, 0.1) is 17.8 Å². The Morgan fingerprint density at radius 2 is 2.11 bits per heavy atom. The van der Waals surface area contributed by atoms with Crippen LogP contribution < -0.4 is 10.6 Å². The molecular weight excluding hydrogens is 268 g/mol. The first-order valence-corrected chi connectivity index (χ1v) is 6.29. The van der Waals surface area contributed by atoms with E-state index in [-0.39, 0.29) is 11.9 Å². The van der Waals surface area contributed by atoms with Crippen LogP contribution in [0.25, 0.3) is 0 Å². The van der Waals surface area contributed by atoms with E-state index in [1.54, 1.807) is 32.0 Å². The monoisotopic (exact) mass is 284 g/mol. The molecule has 0 aliphatic heterocycles. The first kappa shape index (κ1) is 15.3. The predicted molar refractivity (Wildman–Crippen MR) is 75.5 cm³/mol. The molecule has 2 N–H and O–H groups in total. The van der Waals surface area contributed by atoms with Crippen LogP contribution in [0.3, 0.4) is 0 Å². The molecule has 0 aliphatic rings. The van der Waals surface area contributed by atoms with Crippen LogP contribution in [0.1, 0.15) is 20.3 Å². The van der Waals surface area contributed by atoms with Gasteiger partial charge < -0.3 is 15.4 Å². The van der Waals surface area contributed by atoms with Gasteiger partial charge in [-0.05, 0) is 25.1 Å². The second-order valence-electron chi connectivity index (χ2n) is 3.99. The van der Waals surface area contributed by atoms with Gasteiger partial charge in [-0.1, -0.05) is 18.5 Å². The lowest BCUT2D eigenvalue weighted by Gasteiger charge is -2.15. The van der Waals surface area contributed by atoms with Crippen molar-refractivity contribution in [2.45, 2.75) is 26.3 Å². The number of halogens is 1. The van der Waals surface area contributed by atoms with Gasteiger partial charge in [-0.3, -0.25) is 4.79 Å². The van der Waals surface area contributed by atoms with Crippen molar-refractivity contribution in [3.05, 3.63) is 23.2 Å². The van der Waals surface area contributed by atoms with Crippen LogP contribution in [0.15, 0.2) is 18.2 Å². The Labute approximate surface area is 117 Å². The molecule has 0 aromatic heterocycles. The van der Waals surface area contributed by atoms with Gasteiger partial charge in [-0.25, -0.2) is 4.79 Å². The van der Waals surface area contributed by atoms with Crippen LogP contribution in [0.5, 0.6) is 0 Å². The number of nitrogens with one attached hydrogen (secondary N) is 2. The van der Waals surface area contributed by atoms with E-state index in [1.165, 1.54) is 7.11 Å². The Balaban J connectivity index is 2.85. The molecule has 1 unspecified atom stereocenters. The average molecular weight is 285 g/mol. The van der Waals surface area contributed by atoms with E-state index in [1.807, 2.05) is 0 Å². The highest BCUT2D eigenvalue weighted by Crippen LogP contribution is 2.26. The predicted octanol–water partition coefficient (Wildman–Crippen LogP) is 2.66. The van der Waals surface area contributed by atoms with E-state index >= 15 is 0 Å². The molecule has 0 bridgehead atoms. The summed E-state index contributed by atoms with van der Waals surface area (Å²) >= 11 is 6.03. The van der Waals surface area contributed by atoms with Gasteiger partial charge in [0, 0.05) is 12.1 Å². The number of methoxy groups -OCH3 is 1. The van der Waals surface area contributed by atoms with E-state index in [9.17, 15) is 9.59 Å². The fraction of sp³-hybridized carbons (Fsp3) is 0.385. The molecular formula is C13H17ClN2O3. The van der Waals surface area contributed by atoms with E-state index < -0.39 is 6.04 Å². The molecule has 1 amide bonds. The molecule has 0 radical (unpaired) electrons. The molecule has 1 rings (SSSR count). The van der Waals surface area contributed by atoms with Gasteiger partial charge in [0.15, 0.2) is 0 Å². The van der Waals surface area contributed by atoms with Crippen molar-refractivity contribution in [3.63, 3.8) is 0 Å². The third kappa shape index (κ3) is 4.44. The van der Waals surface area contributed by atoms with Crippen LogP contribution in [-0.2, 0) is 14.3 Å². The molecule has 0 heterocycles. The zero-order valence-electron chi connectivity index (χ0n) is 11.1. The minimum atomic E-state index is -0.528. The number of esters is 1. The molecule has 5 nitrogen and oxygen atoms in total. The van der Waals surface area contributed by atoms with Crippen LogP contribution in [0.2, 0.25) is 5.02 Å². The third-order valence-electron chi connectivity index (χ3n) is 2.50. The van der Waals surface area contributed by atoms with Crippen LogP contribution in [0, 0.1) is 0 Å². The number of ether oxygens (including phenoxy) is 1. The maximum absolute atomic E-state index is 11.3. The quantitative estimate of drug-likeness (QED) is 0.816. The maximum atomic E-state index is 11.3. The summed E-state index contributed by atoms with van der Waals surface area (Å²) in [6.45, 7) is 3.43. The Morgan fingerprint density at radius 3 is 2.68 bits per heavy atom. The molecule has 19 heavy (non-hydrogen) atoms. The second kappa shape index (κ2) is 6.99. The molecule has 0 spiro atoms. The van der Waals surface area contributed by atoms with Crippen LogP contribution in [-0.4, -0.2) is 25.0 Å². The van der Waals surface area contributed by atoms with Crippen molar-refractivity contribution in [2.75, 3.05) is 17.7 Å². The largest absolute Gasteiger partial charge is 0.467 e. The number of hydrogen-bond acceptors (Lipinski definition) is 4. The van der Waals surface area contributed by atoms with Crippen molar-refractivity contribution >= 4 is 34.9 Å². The van der Waals surface area contributed by atoms with Gasteiger partial charge in [0.2, 0.25) is 5.91 Å². The topological polar surface area (TPSA) is 67.4 Å². The molecule has 6 heteroatoms. The lowest BCUT2D eigenvalue weighted by Crippen LogP contribution is -2.27. The number of rotatable bonds is 5. The third-order valence-corrected chi connectivity index (χ3v) is 2.83. The Bertz CT molecular complexity index is 477. The Kier molecular flexibility index (Phi) is 5.63. The van der Waals surface area contributed by atoms with E-state index in [4.69, 9.17) is 11.6 Å². The molecule has 0 aliphatic carbocycles. The number of carbonyl (C=O) groups is 2. The van der Waals surface area contributed by atoms with Crippen LogP contribution in [0.4, 0.5) is 11.4 Å². The molecule has 1 aromatic rings. The Morgan fingerprint density at radius 1 is 1.42 bits per heavy atom. The highest BCUT2D eigenvalue weighted by atomic mass is 35.5. The highest BCUT2D eigenvalue weighted by molar-refractivity contribution is 6.33. The van der Waals surface area contributed by atoms with Gasteiger partial charge in [0.1, 0.15) is 6.04 Å². The number of benzene rings is 1. The zero-order valence-corrected chi connectivity index (χ0v) is 11.9. The number of amides is 1. The van der Waals surface area contributed by atoms with E-state index in [0.717, 1.165) is 0 Å². The lowest BCUT2D eigenvalue weighted by molar-refractivity contribution is -0.141. The first-order chi connectivity index (χ1) is 8.97. The van der Waals surface area contributed by atoms with Gasteiger partial charge >= 0.3 is 5.97 Å². The smallest absolute Gasteiger partial charge is 0.327 e. The maximum Gasteiger partial charge on any atom is 0.327 e. The van der Waals surface area contributed by atoms with E-state index in [0.29, 0.717) is 22.8 Å². The molecule has 0 fully saturated rings. The number of anilines is 2. The highest BCUT2D eigenvalue weighted by Gasteiger charge is 2.14. The lowest BCUT2D eigenvalue weighted by atomic mass is 10.2. The number of hydrogen-bond donors (Lipinski definition) is 2. The molecule has 1 aromatic carbocycles. The van der Waals surface area contributed by atoms with Gasteiger partial charge in [-0.2, -0.15) is 0 Å². The van der Waals surface area contributed by atoms with Gasteiger partial charge in [0.25, 0.3) is 0 Å². The number of carbonyl (C=O) groups excluding carboxylic acids is 2. The Hall–Kier alpha value is -1.75. The van der Waals surface area contributed by atoms with Crippen molar-refractivity contribution in [1.82, 2.24) is 0 Å². The fourth-order valence-electron chi connectivity index (χ4n) is 1.43. The summed E-state index contributed by atoms with van der Waals surface area (Å²) in [5.41, 5.74) is 1.18. The van der Waals surface area contributed by atoms with Crippen molar-refractivity contribution in [3.8, 4) is 0 Å². The standard InChI is InChI=1S/C13H17ClN2O3/c1-4-12(17)16-9-5-6-10(14)11(7-9)15-8(2)13(18)19-3/h5-8,15H,4H2,1-3H3,(H,16,17). The fourth-order valence-corrected chi connectivity index (χ4v) is 1.60. The van der Waals surface area contributed by atoms with Crippen molar-refractivity contribution < 1.29 is 14.3 Å².